The number of carbonyl (C=O) groups excluding carboxylic acids is 1. The van der Waals surface area contributed by atoms with Crippen molar-refractivity contribution in [1.29, 1.82) is 0 Å². The Balaban J connectivity index is 2.03. The summed E-state index contributed by atoms with van der Waals surface area (Å²) in [6.07, 6.45) is 0. The summed E-state index contributed by atoms with van der Waals surface area (Å²) in [6.45, 7) is 5.93. The predicted octanol–water partition coefficient (Wildman–Crippen LogP) is 2.11. The van der Waals surface area contributed by atoms with Gasteiger partial charge in [0.2, 0.25) is 5.91 Å². The first-order chi connectivity index (χ1) is 9.40. The molecule has 0 spiro atoms. The van der Waals surface area contributed by atoms with E-state index in [1.165, 1.54) is 0 Å². The first kappa shape index (κ1) is 14.5. The molecule has 2 rings (SSSR count). The average Bonchev–Trinajstić information content (AvgIpc) is 2.90. The van der Waals surface area contributed by atoms with Crippen LogP contribution in [0, 0.1) is 18.6 Å². The number of H-pyrrole nitrogens is 1. The van der Waals surface area contributed by atoms with Crippen LogP contribution >= 0.6 is 12.2 Å². The molecular formula is C13H18N4O2S. The summed E-state index contributed by atoms with van der Waals surface area (Å²) in [6, 6.07) is 1.90. The highest BCUT2D eigenvalue weighted by Gasteiger charge is 2.20. The van der Waals surface area contributed by atoms with Crippen molar-refractivity contribution in [3.05, 3.63) is 33.7 Å². The smallest absolute Gasteiger partial charge is 0.227 e. The molecule has 0 aliphatic heterocycles. The molecule has 0 radical (unpaired) electrons. The van der Waals surface area contributed by atoms with Crippen LogP contribution in [0.2, 0.25) is 0 Å². The second kappa shape index (κ2) is 5.62. The van der Waals surface area contributed by atoms with Crippen LogP contribution in [0.15, 0.2) is 10.5 Å². The van der Waals surface area contributed by atoms with Crippen LogP contribution in [-0.4, -0.2) is 20.7 Å². The van der Waals surface area contributed by atoms with Crippen molar-refractivity contribution in [3.63, 3.8) is 0 Å². The maximum atomic E-state index is 12.2. The van der Waals surface area contributed by atoms with Crippen LogP contribution < -0.4 is 5.32 Å². The monoisotopic (exact) mass is 294 g/mol. The van der Waals surface area contributed by atoms with E-state index < -0.39 is 0 Å². The first-order valence-electron chi connectivity index (χ1n) is 6.35. The highest BCUT2D eigenvalue weighted by molar-refractivity contribution is 7.71. The Kier molecular flexibility index (Phi) is 4.08. The molecule has 0 bridgehead atoms. The van der Waals surface area contributed by atoms with Gasteiger partial charge < -0.3 is 14.3 Å². The van der Waals surface area contributed by atoms with Crippen LogP contribution in [0.4, 0.5) is 0 Å². The lowest BCUT2D eigenvalue weighted by molar-refractivity contribution is -0.122. The summed E-state index contributed by atoms with van der Waals surface area (Å²) in [5.41, 5.74) is 0.912. The minimum atomic E-state index is -0.264. The third kappa shape index (κ3) is 2.82. The van der Waals surface area contributed by atoms with E-state index in [1.54, 1.807) is 11.6 Å². The molecule has 0 saturated heterocycles. The molecule has 2 N–H and O–H groups in total. The molecule has 1 atom stereocenters. The zero-order chi connectivity index (χ0) is 14.9. The summed E-state index contributed by atoms with van der Waals surface area (Å²) in [7, 11) is 1.81. The normalized spacial score (nSPS) is 12.4. The van der Waals surface area contributed by atoms with Gasteiger partial charge in [-0.1, -0.05) is 0 Å². The second-order valence-corrected chi connectivity index (χ2v) is 5.20. The summed E-state index contributed by atoms with van der Waals surface area (Å²) < 4.78 is 7.72. The molecular weight excluding hydrogens is 276 g/mol. The fraction of sp³-hybridized carbons (Fsp3) is 0.462. The zero-order valence-electron chi connectivity index (χ0n) is 12.0. The van der Waals surface area contributed by atoms with Crippen molar-refractivity contribution < 1.29 is 9.21 Å². The fourth-order valence-corrected chi connectivity index (χ4v) is 2.23. The molecule has 7 heteroatoms. The number of amides is 1. The van der Waals surface area contributed by atoms with Gasteiger partial charge in [0.25, 0.3) is 0 Å². The highest BCUT2D eigenvalue weighted by atomic mass is 32.1. The van der Waals surface area contributed by atoms with Crippen LogP contribution in [-0.2, 0) is 18.4 Å². The molecule has 108 valence electrons. The second-order valence-electron chi connectivity index (χ2n) is 4.81. The van der Waals surface area contributed by atoms with Gasteiger partial charge in [0.15, 0.2) is 10.6 Å². The van der Waals surface area contributed by atoms with E-state index in [0.29, 0.717) is 17.1 Å². The maximum absolute atomic E-state index is 12.2. The Hall–Kier alpha value is -1.89. The lowest BCUT2D eigenvalue weighted by Gasteiger charge is -2.11. The Morgan fingerprint density at radius 2 is 2.30 bits per heavy atom. The lowest BCUT2D eigenvalue weighted by Crippen LogP contribution is -2.28. The number of nitrogens with one attached hydrogen (secondary N) is 2. The van der Waals surface area contributed by atoms with Gasteiger partial charge in [0.05, 0.1) is 12.5 Å². The number of aromatic amines is 1. The highest BCUT2D eigenvalue weighted by Crippen LogP contribution is 2.23. The van der Waals surface area contributed by atoms with Crippen LogP contribution in [0.3, 0.4) is 0 Å². The third-order valence-corrected chi connectivity index (χ3v) is 3.70. The van der Waals surface area contributed by atoms with Gasteiger partial charge in [0.1, 0.15) is 11.5 Å². The van der Waals surface area contributed by atoms with Gasteiger partial charge in [-0.2, -0.15) is 5.10 Å². The van der Waals surface area contributed by atoms with E-state index in [4.69, 9.17) is 16.6 Å². The van der Waals surface area contributed by atoms with E-state index >= 15 is 0 Å². The van der Waals surface area contributed by atoms with E-state index in [1.807, 2.05) is 26.8 Å². The minimum absolute atomic E-state index is 0.0668. The van der Waals surface area contributed by atoms with Crippen molar-refractivity contribution in [2.24, 2.45) is 7.05 Å². The van der Waals surface area contributed by atoms with E-state index in [-0.39, 0.29) is 11.8 Å². The first-order valence-corrected chi connectivity index (χ1v) is 6.76. The van der Waals surface area contributed by atoms with E-state index in [9.17, 15) is 4.79 Å². The average molecular weight is 294 g/mol. The predicted molar refractivity (Wildman–Crippen MR) is 76.8 cm³/mol. The number of rotatable bonds is 4. The van der Waals surface area contributed by atoms with Crippen LogP contribution in [0.25, 0.3) is 0 Å². The quantitative estimate of drug-likeness (QED) is 0.847. The molecule has 20 heavy (non-hydrogen) atoms. The molecule has 1 amide bonds. The van der Waals surface area contributed by atoms with Gasteiger partial charge >= 0.3 is 0 Å². The molecule has 0 fully saturated rings. The van der Waals surface area contributed by atoms with Crippen molar-refractivity contribution >= 4 is 18.1 Å². The van der Waals surface area contributed by atoms with Crippen molar-refractivity contribution in [1.82, 2.24) is 20.1 Å². The third-order valence-electron chi connectivity index (χ3n) is 3.33. The lowest BCUT2D eigenvalue weighted by atomic mass is 10.0. The van der Waals surface area contributed by atoms with Gasteiger partial charge in [-0.05, 0) is 39.1 Å². The van der Waals surface area contributed by atoms with E-state index in [0.717, 1.165) is 17.1 Å². The van der Waals surface area contributed by atoms with Gasteiger partial charge in [-0.3, -0.25) is 9.89 Å². The summed E-state index contributed by atoms with van der Waals surface area (Å²) >= 11 is 5.02. The number of hydrogen-bond acceptors (Lipinski definition) is 4. The van der Waals surface area contributed by atoms with Crippen molar-refractivity contribution in [2.75, 3.05) is 0 Å². The Bertz CT molecular complexity index is 683. The molecule has 0 aromatic carbocycles. The minimum Gasteiger partial charge on any atom is -0.466 e. The molecule has 0 aliphatic carbocycles. The van der Waals surface area contributed by atoms with Gasteiger partial charge in [-0.25, -0.2) is 0 Å². The maximum Gasteiger partial charge on any atom is 0.227 e. The van der Waals surface area contributed by atoms with E-state index in [2.05, 4.69) is 15.5 Å². The fourth-order valence-electron chi connectivity index (χ4n) is 2.08. The van der Waals surface area contributed by atoms with Crippen LogP contribution in [0.1, 0.15) is 35.7 Å². The number of hydrogen-bond donors (Lipinski definition) is 2. The summed E-state index contributed by atoms with van der Waals surface area (Å²) in [4.78, 5) is 12.2. The molecule has 2 aromatic rings. The van der Waals surface area contributed by atoms with Gasteiger partial charge in [-0.15, -0.1) is 0 Å². The topological polar surface area (TPSA) is 75.8 Å². The molecule has 2 aromatic heterocycles. The van der Waals surface area contributed by atoms with Crippen molar-refractivity contribution in [3.8, 4) is 0 Å². The molecule has 0 unspecified atom stereocenters. The number of nitrogens with zero attached hydrogens (tertiary/aromatic N) is 2. The Labute approximate surface area is 122 Å². The Morgan fingerprint density at radius 3 is 2.80 bits per heavy atom. The van der Waals surface area contributed by atoms with Crippen molar-refractivity contribution in [2.45, 2.75) is 33.2 Å². The number of furan rings is 1. The molecule has 0 aliphatic rings. The summed E-state index contributed by atoms with van der Waals surface area (Å²) in [5, 5.41) is 9.59. The van der Waals surface area contributed by atoms with Gasteiger partial charge in [0, 0.05) is 12.6 Å². The standard InChI is InChI=1S/C13H18N4O2S/c1-7-5-10(9(3)19-7)8(2)12(18)14-6-11-15-16-13(20)17(11)4/h5,8H,6H2,1-4H3,(H,14,18)(H,16,20)/t8-/m0/s1. The van der Waals surface area contributed by atoms with Crippen LogP contribution in [0.5, 0.6) is 0 Å². The number of aryl methyl sites for hydroxylation is 2. The summed E-state index contributed by atoms with van der Waals surface area (Å²) in [5.74, 6) is 1.95. The Morgan fingerprint density at radius 1 is 1.60 bits per heavy atom. The zero-order valence-corrected chi connectivity index (χ0v) is 12.8. The molecule has 6 nitrogen and oxygen atoms in total. The largest absolute Gasteiger partial charge is 0.466 e. The molecule has 0 saturated carbocycles. The number of aromatic nitrogens is 3. The molecule has 2 heterocycles. The number of carbonyl (C=O) groups is 1. The SMILES string of the molecule is Cc1cc([C@H](C)C(=O)NCc2n[nH]c(=S)n2C)c(C)o1.